The number of aliphatic hydroxyl groups is 1. The number of unbranched alkanes of at least 4 members (excludes halogenated alkanes) is 24. The van der Waals surface area contributed by atoms with Crippen molar-refractivity contribution in [3.05, 3.63) is 12.2 Å². The SMILES string of the molecule is CCCCCCCC/C=C\CCCCCCCC(=O)NC(COP(=O)(O)OCC(O)COC(=O)CCCCCCCCCCCCCCCC)C(=O)O. The molecule has 0 aliphatic heterocycles. The van der Waals surface area contributed by atoms with Gasteiger partial charge < -0.3 is 25.2 Å². The van der Waals surface area contributed by atoms with Gasteiger partial charge in [0, 0.05) is 12.8 Å². The van der Waals surface area contributed by atoms with E-state index in [9.17, 15) is 34.1 Å². The summed E-state index contributed by atoms with van der Waals surface area (Å²) in [6.07, 6.45) is 35.2. The highest BCUT2D eigenvalue weighted by atomic mass is 31.2. The molecule has 53 heavy (non-hydrogen) atoms. The summed E-state index contributed by atoms with van der Waals surface area (Å²) in [7, 11) is -4.75. The van der Waals surface area contributed by atoms with Crippen molar-refractivity contribution in [2.24, 2.45) is 0 Å². The lowest BCUT2D eigenvalue weighted by Gasteiger charge is -2.18. The predicted molar refractivity (Wildman–Crippen MR) is 213 cm³/mol. The fourth-order valence-corrected chi connectivity index (χ4v) is 6.73. The maximum Gasteiger partial charge on any atom is 0.472 e. The Bertz CT molecular complexity index is 963. The summed E-state index contributed by atoms with van der Waals surface area (Å²) >= 11 is 0. The van der Waals surface area contributed by atoms with Crippen molar-refractivity contribution in [1.29, 1.82) is 0 Å². The fourth-order valence-electron chi connectivity index (χ4n) is 5.96. The van der Waals surface area contributed by atoms with E-state index in [0.29, 0.717) is 12.8 Å². The van der Waals surface area contributed by atoms with Crippen LogP contribution in [0.5, 0.6) is 0 Å². The Kier molecular flexibility index (Phi) is 35.9. The minimum atomic E-state index is -4.75. The number of carboxylic acid groups (broad SMARTS) is 1. The van der Waals surface area contributed by atoms with E-state index in [1.165, 1.54) is 103 Å². The highest BCUT2D eigenvalue weighted by molar-refractivity contribution is 7.47. The number of phosphoric acid groups is 1. The van der Waals surface area contributed by atoms with Gasteiger partial charge in [0.2, 0.25) is 5.91 Å². The fraction of sp³-hybridized carbons (Fsp3) is 0.878. The minimum Gasteiger partial charge on any atom is -0.480 e. The van der Waals surface area contributed by atoms with E-state index in [1.54, 1.807) is 0 Å². The van der Waals surface area contributed by atoms with Crippen molar-refractivity contribution >= 4 is 25.7 Å². The summed E-state index contributed by atoms with van der Waals surface area (Å²) in [5.41, 5.74) is 0. The summed E-state index contributed by atoms with van der Waals surface area (Å²) in [5.74, 6) is -2.37. The van der Waals surface area contributed by atoms with Crippen molar-refractivity contribution in [2.75, 3.05) is 19.8 Å². The van der Waals surface area contributed by atoms with Crippen molar-refractivity contribution in [3.8, 4) is 0 Å². The molecule has 11 nitrogen and oxygen atoms in total. The number of amides is 1. The molecule has 0 saturated carbocycles. The summed E-state index contributed by atoms with van der Waals surface area (Å²) in [4.78, 5) is 45.8. The molecule has 0 aromatic heterocycles. The lowest BCUT2D eigenvalue weighted by molar-refractivity contribution is -0.147. The zero-order valence-corrected chi connectivity index (χ0v) is 34.5. The van der Waals surface area contributed by atoms with Gasteiger partial charge in [-0.05, 0) is 38.5 Å². The second kappa shape index (κ2) is 37.2. The minimum absolute atomic E-state index is 0.138. The third-order valence-electron chi connectivity index (χ3n) is 9.30. The van der Waals surface area contributed by atoms with Gasteiger partial charge in [0.25, 0.3) is 0 Å². The lowest BCUT2D eigenvalue weighted by Crippen LogP contribution is -2.43. The number of carboxylic acids is 1. The first kappa shape index (κ1) is 51.2. The molecular formula is C41H78NO10P. The van der Waals surface area contributed by atoms with Gasteiger partial charge in [0.15, 0.2) is 6.04 Å². The van der Waals surface area contributed by atoms with Crippen molar-refractivity contribution in [3.63, 3.8) is 0 Å². The first-order chi connectivity index (χ1) is 25.6. The molecule has 0 spiro atoms. The van der Waals surface area contributed by atoms with Gasteiger partial charge in [-0.15, -0.1) is 0 Å². The summed E-state index contributed by atoms with van der Waals surface area (Å²) < 4.78 is 26.8. The van der Waals surface area contributed by atoms with E-state index in [1.807, 2.05) is 0 Å². The Labute approximate surface area is 322 Å². The Hall–Kier alpha value is -1.78. The van der Waals surface area contributed by atoms with E-state index in [0.717, 1.165) is 57.8 Å². The Morgan fingerprint density at radius 2 is 0.981 bits per heavy atom. The molecule has 0 rings (SSSR count). The predicted octanol–water partition coefficient (Wildman–Crippen LogP) is 10.5. The molecule has 0 aromatic carbocycles. The monoisotopic (exact) mass is 776 g/mol. The molecule has 4 N–H and O–H groups in total. The van der Waals surface area contributed by atoms with Gasteiger partial charge in [-0.2, -0.15) is 0 Å². The summed E-state index contributed by atoms with van der Waals surface area (Å²) in [5, 5.41) is 21.8. The third-order valence-corrected chi connectivity index (χ3v) is 10.3. The number of phosphoric ester groups is 1. The highest BCUT2D eigenvalue weighted by Gasteiger charge is 2.28. The van der Waals surface area contributed by atoms with Crippen LogP contribution in [-0.2, 0) is 32.7 Å². The summed E-state index contributed by atoms with van der Waals surface area (Å²) in [6.45, 7) is 2.59. The van der Waals surface area contributed by atoms with Crippen LogP contribution in [0, 0.1) is 0 Å². The molecule has 1 amide bonds. The van der Waals surface area contributed by atoms with Crippen molar-refractivity contribution < 1.29 is 47.8 Å². The molecule has 0 aliphatic rings. The van der Waals surface area contributed by atoms with Crippen LogP contribution >= 0.6 is 7.82 Å². The molecule has 3 unspecified atom stereocenters. The molecule has 0 radical (unpaired) electrons. The second-order valence-corrected chi connectivity index (χ2v) is 16.0. The van der Waals surface area contributed by atoms with Crippen LogP contribution in [0.4, 0.5) is 0 Å². The average Bonchev–Trinajstić information content (AvgIpc) is 3.13. The normalized spacial score (nSPS) is 13.9. The van der Waals surface area contributed by atoms with Crippen LogP contribution in [0.25, 0.3) is 0 Å². The second-order valence-electron chi connectivity index (χ2n) is 14.5. The molecule has 0 saturated heterocycles. The molecule has 0 bridgehead atoms. The number of carbonyl (C=O) groups is 3. The Morgan fingerprint density at radius 3 is 1.43 bits per heavy atom. The number of allylic oxidation sites excluding steroid dienone is 2. The van der Waals surface area contributed by atoms with E-state index in [2.05, 4.69) is 31.3 Å². The number of carbonyl (C=O) groups excluding carboxylic acids is 2. The highest BCUT2D eigenvalue weighted by Crippen LogP contribution is 2.43. The van der Waals surface area contributed by atoms with E-state index in [4.69, 9.17) is 13.8 Å². The first-order valence-electron chi connectivity index (χ1n) is 21.2. The zero-order valence-electron chi connectivity index (χ0n) is 33.6. The van der Waals surface area contributed by atoms with Gasteiger partial charge >= 0.3 is 19.8 Å². The zero-order chi connectivity index (χ0) is 39.3. The average molecular weight is 776 g/mol. The van der Waals surface area contributed by atoms with Crippen LogP contribution in [0.3, 0.4) is 0 Å². The lowest BCUT2D eigenvalue weighted by atomic mass is 10.0. The van der Waals surface area contributed by atoms with Crippen molar-refractivity contribution in [2.45, 2.75) is 212 Å². The Balaban J connectivity index is 3.92. The quantitative estimate of drug-likeness (QED) is 0.0203. The smallest absolute Gasteiger partial charge is 0.472 e. The van der Waals surface area contributed by atoms with Crippen LogP contribution in [0.15, 0.2) is 12.2 Å². The molecule has 12 heteroatoms. The number of ether oxygens (including phenoxy) is 1. The molecule has 0 aliphatic carbocycles. The van der Waals surface area contributed by atoms with Gasteiger partial charge in [-0.3, -0.25) is 18.6 Å². The summed E-state index contributed by atoms with van der Waals surface area (Å²) in [6, 6.07) is -1.55. The van der Waals surface area contributed by atoms with Crippen LogP contribution in [0.1, 0.15) is 200 Å². The van der Waals surface area contributed by atoms with Gasteiger partial charge in [-0.25, -0.2) is 9.36 Å². The molecule has 0 heterocycles. The van der Waals surface area contributed by atoms with Gasteiger partial charge in [0.1, 0.15) is 12.7 Å². The number of hydrogen-bond donors (Lipinski definition) is 4. The number of aliphatic carboxylic acids is 1. The maximum absolute atomic E-state index is 12.3. The maximum atomic E-state index is 12.3. The van der Waals surface area contributed by atoms with E-state index < -0.39 is 57.6 Å². The number of rotatable bonds is 40. The Morgan fingerprint density at radius 1 is 0.585 bits per heavy atom. The van der Waals surface area contributed by atoms with Crippen LogP contribution < -0.4 is 5.32 Å². The van der Waals surface area contributed by atoms with Crippen LogP contribution in [0.2, 0.25) is 0 Å². The van der Waals surface area contributed by atoms with Gasteiger partial charge in [0.05, 0.1) is 13.2 Å². The standard InChI is InChI=1S/C41H78NO10P/c1-3-5-7-9-11-13-15-17-19-20-22-24-26-28-30-32-39(44)42-38(41(46)47)36-52-53(48,49)51-35-37(43)34-50-40(45)33-31-29-27-25-23-21-18-16-14-12-10-8-6-4-2/h17,19,37-38,43H,3-16,18,20-36H2,1-2H3,(H,42,44)(H,46,47)(H,48,49)/b19-17-. The van der Waals surface area contributed by atoms with Crippen molar-refractivity contribution in [1.82, 2.24) is 5.32 Å². The number of hydrogen-bond acceptors (Lipinski definition) is 8. The van der Waals surface area contributed by atoms with Crippen LogP contribution in [-0.4, -0.2) is 64.9 Å². The molecule has 3 atom stereocenters. The molecular weight excluding hydrogens is 697 g/mol. The van der Waals surface area contributed by atoms with E-state index in [-0.39, 0.29) is 12.8 Å². The number of nitrogens with one attached hydrogen (secondary N) is 1. The van der Waals surface area contributed by atoms with Gasteiger partial charge in [-0.1, -0.05) is 161 Å². The first-order valence-corrected chi connectivity index (χ1v) is 22.7. The molecule has 0 aromatic rings. The molecule has 312 valence electrons. The third kappa shape index (κ3) is 36.9. The number of aliphatic hydroxyl groups excluding tert-OH is 1. The molecule has 0 fully saturated rings. The topological polar surface area (TPSA) is 169 Å². The number of esters is 1. The van der Waals surface area contributed by atoms with E-state index >= 15 is 0 Å². The largest absolute Gasteiger partial charge is 0.480 e.